The molecule has 1 aliphatic rings. The summed E-state index contributed by atoms with van der Waals surface area (Å²) in [5.41, 5.74) is 0. The minimum absolute atomic E-state index is 0.0288. The highest BCUT2D eigenvalue weighted by Gasteiger charge is 2.43. The largest absolute Gasteiger partial charge is 0.348 e. The second-order valence-electron chi connectivity index (χ2n) is 4.51. The molecule has 2 amide bonds. The normalized spacial score (nSPS) is 24.2. The third kappa shape index (κ3) is 2.07. The number of carbonyl (C=O) groups excluding carboxylic acids is 2. The molecule has 2 atom stereocenters. The van der Waals surface area contributed by atoms with E-state index in [2.05, 4.69) is 0 Å². The number of likely N-dealkylation sites (tertiary alicyclic amines) is 1. The number of rotatable bonds is 2. The molecule has 0 aromatic carbocycles. The molecular formula is C12H16N2O2S. The number of hydrogen-bond donors (Lipinski definition) is 0. The SMILES string of the molecule is CN(C)C(=O)[C@@H]1CC(=O)N(C)[C@@H]1c1cccs1. The van der Waals surface area contributed by atoms with Crippen molar-refractivity contribution in [3.05, 3.63) is 22.4 Å². The molecule has 1 fully saturated rings. The van der Waals surface area contributed by atoms with E-state index in [1.165, 1.54) is 0 Å². The summed E-state index contributed by atoms with van der Waals surface area (Å²) in [5, 5.41) is 1.98. The van der Waals surface area contributed by atoms with Crippen molar-refractivity contribution in [2.75, 3.05) is 21.1 Å². The van der Waals surface area contributed by atoms with Gasteiger partial charge in [0.15, 0.2) is 0 Å². The first-order valence-electron chi connectivity index (χ1n) is 5.52. The fraction of sp³-hybridized carbons (Fsp3) is 0.500. The topological polar surface area (TPSA) is 40.6 Å². The minimum atomic E-state index is -0.249. The Hall–Kier alpha value is -1.36. The molecule has 0 aliphatic carbocycles. The number of nitrogens with zero attached hydrogens (tertiary/aromatic N) is 2. The average Bonchev–Trinajstić information content (AvgIpc) is 2.87. The number of amides is 2. The van der Waals surface area contributed by atoms with Crippen LogP contribution in [0.1, 0.15) is 17.3 Å². The van der Waals surface area contributed by atoms with Crippen LogP contribution in [0.4, 0.5) is 0 Å². The van der Waals surface area contributed by atoms with Crippen LogP contribution in [0.15, 0.2) is 17.5 Å². The van der Waals surface area contributed by atoms with Gasteiger partial charge in [-0.15, -0.1) is 11.3 Å². The maximum atomic E-state index is 12.1. The second-order valence-corrected chi connectivity index (χ2v) is 5.49. The maximum Gasteiger partial charge on any atom is 0.228 e. The third-order valence-corrected chi connectivity index (χ3v) is 4.12. The van der Waals surface area contributed by atoms with Crippen LogP contribution in [0, 0.1) is 5.92 Å². The van der Waals surface area contributed by atoms with E-state index in [-0.39, 0.29) is 23.8 Å². The van der Waals surface area contributed by atoms with Gasteiger partial charge in [-0.2, -0.15) is 0 Å². The van der Waals surface area contributed by atoms with Crippen LogP contribution >= 0.6 is 11.3 Å². The average molecular weight is 252 g/mol. The predicted octanol–water partition coefficient (Wildman–Crippen LogP) is 1.36. The molecule has 0 saturated carbocycles. The zero-order valence-corrected chi connectivity index (χ0v) is 11.0. The van der Waals surface area contributed by atoms with E-state index >= 15 is 0 Å². The summed E-state index contributed by atoms with van der Waals surface area (Å²) in [6, 6.07) is 3.84. The Labute approximate surface area is 105 Å². The highest BCUT2D eigenvalue weighted by atomic mass is 32.1. The van der Waals surface area contributed by atoms with Gasteiger partial charge in [-0.1, -0.05) is 6.07 Å². The van der Waals surface area contributed by atoms with Crippen LogP contribution in [0.2, 0.25) is 0 Å². The van der Waals surface area contributed by atoms with Crippen molar-refractivity contribution in [3.8, 4) is 0 Å². The van der Waals surface area contributed by atoms with Crippen molar-refractivity contribution in [1.82, 2.24) is 9.80 Å². The summed E-state index contributed by atoms with van der Waals surface area (Å²) in [6.45, 7) is 0. The first-order valence-corrected chi connectivity index (χ1v) is 6.40. The van der Waals surface area contributed by atoms with Crippen LogP contribution in [-0.4, -0.2) is 42.8 Å². The van der Waals surface area contributed by atoms with Crippen molar-refractivity contribution < 1.29 is 9.59 Å². The van der Waals surface area contributed by atoms with Gasteiger partial charge in [-0.05, 0) is 11.4 Å². The Bertz CT molecular complexity index is 428. The first-order chi connectivity index (χ1) is 8.02. The molecule has 0 unspecified atom stereocenters. The smallest absolute Gasteiger partial charge is 0.228 e. The monoisotopic (exact) mass is 252 g/mol. The van der Waals surface area contributed by atoms with Crippen LogP contribution < -0.4 is 0 Å². The lowest BCUT2D eigenvalue weighted by Gasteiger charge is -2.25. The molecule has 0 bridgehead atoms. The molecule has 1 aromatic heterocycles. The summed E-state index contributed by atoms with van der Waals surface area (Å²) in [4.78, 5) is 28.2. The van der Waals surface area contributed by atoms with Crippen LogP contribution in [0.25, 0.3) is 0 Å². The van der Waals surface area contributed by atoms with Gasteiger partial charge in [0, 0.05) is 32.4 Å². The van der Waals surface area contributed by atoms with Crippen LogP contribution in [-0.2, 0) is 9.59 Å². The molecule has 92 valence electrons. The standard InChI is InChI=1S/C12H16N2O2S/c1-13(2)12(16)8-7-10(15)14(3)11(8)9-5-4-6-17-9/h4-6,8,11H,7H2,1-3H3/t8-,11+/m1/s1. The van der Waals surface area contributed by atoms with E-state index < -0.39 is 0 Å². The molecule has 1 saturated heterocycles. The molecule has 17 heavy (non-hydrogen) atoms. The summed E-state index contributed by atoms with van der Waals surface area (Å²) in [5.74, 6) is -0.175. The van der Waals surface area contributed by atoms with Crippen LogP contribution in [0.5, 0.6) is 0 Å². The Morgan fingerprint density at radius 1 is 1.53 bits per heavy atom. The minimum Gasteiger partial charge on any atom is -0.348 e. The van der Waals surface area contributed by atoms with Gasteiger partial charge in [0.05, 0.1) is 12.0 Å². The van der Waals surface area contributed by atoms with E-state index in [4.69, 9.17) is 0 Å². The number of thiophene rings is 1. The van der Waals surface area contributed by atoms with E-state index in [9.17, 15) is 9.59 Å². The van der Waals surface area contributed by atoms with Gasteiger partial charge in [0.25, 0.3) is 0 Å². The van der Waals surface area contributed by atoms with Gasteiger partial charge in [0.1, 0.15) is 0 Å². The lowest BCUT2D eigenvalue weighted by atomic mass is 9.97. The first kappa shape index (κ1) is 12.1. The van der Waals surface area contributed by atoms with Gasteiger partial charge >= 0.3 is 0 Å². The molecule has 5 heteroatoms. The Morgan fingerprint density at radius 2 is 2.24 bits per heavy atom. The molecular weight excluding hydrogens is 236 g/mol. The fourth-order valence-corrected chi connectivity index (χ4v) is 3.20. The summed E-state index contributed by atoms with van der Waals surface area (Å²) in [6.07, 6.45) is 0.316. The summed E-state index contributed by atoms with van der Waals surface area (Å²) >= 11 is 1.59. The third-order valence-electron chi connectivity index (χ3n) is 3.18. The van der Waals surface area contributed by atoms with Crippen molar-refractivity contribution in [2.24, 2.45) is 5.92 Å². The van der Waals surface area contributed by atoms with Gasteiger partial charge in [0.2, 0.25) is 11.8 Å². The summed E-state index contributed by atoms with van der Waals surface area (Å²) < 4.78 is 0. The van der Waals surface area contributed by atoms with Crippen molar-refractivity contribution in [3.63, 3.8) is 0 Å². The molecule has 0 radical (unpaired) electrons. The van der Waals surface area contributed by atoms with E-state index in [0.29, 0.717) is 6.42 Å². The van der Waals surface area contributed by atoms with Gasteiger partial charge < -0.3 is 9.80 Å². The molecule has 1 aromatic rings. The fourth-order valence-electron chi connectivity index (χ4n) is 2.27. The zero-order chi connectivity index (χ0) is 12.6. The van der Waals surface area contributed by atoms with Gasteiger partial charge in [-0.25, -0.2) is 0 Å². The number of carbonyl (C=O) groups is 2. The van der Waals surface area contributed by atoms with Crippen LogP contribution in [0.3, 0.4) is 0 Å². The lowest BCUT2D eigenvalue weighted by molar-refractivity contribution is -0.134. The molecule has 2 heterocycles. The van der Waals surface area contributed by atoms with Crippen molar-refractivity contribution in [2.45, 2.75) is 12.5 Å². The highest BCUT2D eigenvalue weighted by Crippen LogP contribution is 2.39. The lowest BCUT2D eigenvalue weighted by Crippen LogP contribution is -2.33. The highest BCUT2D eigenvalue weighted by molar-refractivity contribution is 7.10. The quantitative estimate of drug-likeness (QED) is 0.797. The molecule has 0 N–H and O–H groups in total. The van der Waals surface area contributed by atoms with E-state index in [1.807, 2.05) is 17.5 Å². The molecule has 1 aliphatic heterocycles. The van der Waals surface area contributed by atoms with E-state index in [1.54, 1.807) is 42.3 Å². The van der Waals surface area contributed by atoms with Crippen molar-refractivity contribution >= 4 is 23.2 Å². The Morgan fingerprint density at radius 3 is 2.76 bits per heavy atom. The Balaban J connectivity index is 2.32. The van der Waals surface area contributed by atoms with Crippen molar-refractivity contribution in [1.29, 1.82) is 0 Å². The zero-order valence-electron chi connectivity index (χ0n) is 10.2. The Kier molecular flexibility index (Phi) is 3.19. The summed E-state index contributed by atoms with van der Waals surface area (Å²) in [7, 11) is 5.24. The predicted molar refractivity (Wildman–Crippen MR) is 66.6 cm³/mol. The second kappa shape index (κ2) is 4.49. The molecule has 0 spiro atoms. The van der Waals surface area contributed by atoms with E-state index in [0.717, 1.165) is 4.88 Å². The maximum absolute atomic E-state index is 12.1. The number of hydrogen-bond acceptors (Lipinski definition) is 3. The van der Waals surface area contributed by atoms with Gasteiger partial charge in [-0.3, -0.25) is 9.59 Å². The molecule has 2 rings (SSSR count). The molecule has 4 nitrogen and oxygen atoms in total.